The Bertz CT molecular complexity index is 170. The van der Waals surface area contributed by atoms with Gasteiger partial charge in [-0.3, -0.25) is 4.99 Å². The van der Waals surface area contributed by atoms with Crippen LogP contribution in [0.5, 0.6) is 0 Å². The molecular formula is C7H12N2S. The van der Waals surface area contributed by atoms with Gasteiger partial charge < -0.3 is 5.32 Å². The molecular weight excluding hydrogens is 144 g/mol. The van der Waals surface area contributed by atoms with Gasteiger partial charge in [0.05, 0.1) is 6.34 Å². The Labute approximate surface area is 66.7 Å². The first-order chi connectivity index (χ1) is 4.75. The molecule has 0 aliphatic carbocycles. The fraction of sp³-hybridized carbons (Fsp3) is 0.714. The van der Waals surface area contributed by atoms with Crippen molar-refractivity contribution in [3.63, 3.8) is 0 Å². The van der Waals surface area contributed by atoms with Crippen molar-refractivity contribution in [3.8, 4) is 0 Å². The highest BCUT2D eigenvalue weighted by Crippen LogP contribution is 2.23. The van der Waals surface area contributed by atoms with Crippen molar-refractivity contribution in [1.82, 2.24) is 5.32 Å². The summed E-state index contributed by atoms with van der Waals surface area (Å²) in [5, 5.41) is 2.95. The largest absolute Gasteiger partial charge is 0.339 e. The third-order valence-electron chi connectivity index (χ3n) is 2.10. The summed E-state index contributed by atoms with van der Waals surface area (Å²) >= 11 is 5.11. The molecule has 0 spiro atoms. The number of thiocarbonyl (C=S) groups is 1. The molecule has 0 atom stereocenters. The number of hydrogen-bond acceptors (Lipinski definition) is 2. The molecule has 1 N–H and O–H groups in total. The second kappa shape index (κ2) is 2.66. The van der Waals surface area contributed by atoms with Gasteiger partial charge >= 0.3 is 0 Å². The third-order valence-corrected chi connectivity index (χ3v) is 2.60. The SMILES string of the molecule is CCC1(CC)N=CNC1=S. The van der Waals surface area contributed by atoms with E-state index in [1.807, 2.05) is 0 Å². The molecule has 0 aromatic carbocycles. The normalized spacial score (nSPS) is 21.2. The molecule has 0 aromatic heterocycles. The zero-order valence-electron chi connectivity index (χ0n) is 6.35. The van der Waals surface area contributed by atoms with E-state index in [9.17, 15) is 0 Å². The van der Waals surface area contributed by atoms with Crippen LogP contribution < -0.4 is 5.32 Å². The molecule has 0 aromatic rings. The maximum atomic E-state index is 5.11. The first-order valence-corrected chi connectivity index (χ1v) is 4.00. The number of rotatable bonds is 2. The summed E-state index contributed by atoms with van der Waals surface area (Å²) in [4.78, 5) is 5.18. The molecule has 0 radical (unpaired) electrons. The Morgan fingerprint density at radius 1 is 1.60 bits per heavy atom. The lowest BCUT2D eigenvalue weighted by atomic mass is 9.95. The van der Waals surface area contributed by atoms with E-state index < -0.39 is 0 Å². The Balaban J connectivity index is 2.81. The van der Waals surface area contributed by atoms with Crippen LogP contribution in [0.15, 0.2) is 4.99 Å². The molecule has 3 heteroatoms. The van der Waals surface area contributed by atoms with E-state index in [4.69, 9.17) is 12.2 Å². The van der Waals surface area contributed by atoms with Crippen LogP contribution in [0.3, 0.4) is 0 Å². The van der Waals surface area contributed by atoms with Crippen LogP contribution >= 0.6 is 12.2 Å². The van der Waals surface area contributed by atoms with E-state index in [2.05, 4.69) is 24.2 Å². The topological polar surface area (TPSA) is 24.4 Å². The van der Waals surface area contributed by atoms with Gasteiger partial charge in [-0.2, -0.15) is 0 Å². The Morgan fingerprint density at radius 2 is 2.20 bits per heavy atom. The van der Waals surface area contributed by atoms with Crippen molar-refractivity contribution in [3.05, 3.63) is 0 Å². The summed E-state index contributed by atoms with van der Waals surface area (Å²) in [6, 6.07) is 0. The number of nitrogens with zero attached hydrogens (tertiary/aromatic N) is 1. The van der Waals surface area contributed by atoms with Crippen LogP contribution in [-0.2, 0) is 0 Å². The molecule has 1 aliphatic heterocycles. The fourth-order valence-electron chi connectivity index (χ4n) is 1.16. The second-order valence-corrected chi connectivity index (χ2v) is 2.88. The van der Waals surface area contributed by atoms with Gasteiger partial charge in [-0.15, -0.1) is 0 Å². The van der Waals surface area contributed by atoms with Gasteiger partial charge in [0.1, 0.15) is 10.5 Å². The molecule has 2 nitrogen and oxygen atoms in total. The van der Waals surface area contributed by atoms with E-state index in [0.29, 0.717) is 0 Å². The average molecular weight is 156 g/mol. The molecule has 1 rings (SSSR count). The molecule has 1 heterocycles. The van der Waals surface area contributed by atoms with Gasteiger partial charge in [0.15, 0.2) is 0 Å². The zero-order valence-corrected chi connectivity index (χ0v) is 7.16. The zero-order chi connectivity index (χ0) is 7.61. The maximum Gasteiger partial charge on any atom is 0.112 e. The second-order valence-electron chi connectivity index (χ2n) is 2.47. The van der Waals surface area contributed by atoms with Crippen molar-refractivity contribution in [2.45, 2.75) is 32.2 Å². The molecule has 1 aliphatic rings. The first-order valence-electron chi connectivity index (χ1n) is 3.60. The number of aliphatic imine (C=N–C) groups is 1. The fourth-order valence-corrected chi connectivity index (χ4v) is 1.56. The van der Waals surface area contributed by atoms with Crippen molar-refractivity contribution in [2.24, 2.45) is 4.99 Å². The molecule has 0 saturated heterocycles. The monoisotopic (exact) mass is 156 g/mol. The molecule has 0 saturated carbocycles. The Hall–Kier alpha value is -0.440. The predicted molar refractivity (Wildman–Crippen MR) is 47.5 cm³/mol. The average Bonchev–Trinajstić information content (AvgIpc) is 2.32. The number of nitrogens with one attached hydrogen (secondary N) is 1. The van der Waals surface area contributed by atoms with Crippen LogP contribution in [0, 0.1) is 0 Å². The molecule has 10 heavy (non-hydrogen) atoms. The summed E-state index contributed by atoms with van der Waals surface area (Å²) in [6.07, 6.45) is 3.69. The van der Waals surface area contributed by atoms with Crippen LogP contribution in [-0.4, -0.2) is 16.9 Å². The minimum absolute atomic E-state index is 0.0741. The summed E-state index contributed by atoms with van der Waals surface area (Å²) in [5.74, 6) is 0. The lowest BCUT2D eigenvalue weighted by Crippen LogP contribution is -2.35. The minimum atomic E-state index is -0.0741. The predicted octanol–water partition coefficient (Wildman–Crippen LogP) is 1.50. The van der Waals surface area contributed by atoms with Gasteiger partial charge in [-0.05, 0) is 12.8 Å². The van der Waals surface area contributed by atoms with Gasteiger partial charge in [0.25, 0.3) is 0 Å². The Morgan fingerprint density at radius 3 is 2.40 bits per heavy atom. The van der Waals surface area contributed by atoms with Gasteiger partial charge in [0.2, 0.25) is 0 Å². The van der Waals surface area contributed by atoms with Gasteiger partial charge in [0, 0.05) is 0 Å². The van der Waals surface area contributed by atoms with Crippen molar-refractivity contribution in [2.75, 3.05) is 0 Å². The Kier molecular flexibility index (Phi) is 2.04. The lowest BCUT2D eigenvalue weighted by Gasteiger charge is -2.21. The highest BCUT2D eigenvalue weighted by Gasteiger charge is 2.32. The standard InChI is InChI=1S/C7H12N2S/c1-3-7(4-2)6(10)8-5-9-7/h5H,3-4H2,1-2H3,(H,8,9,10). The molecule has 0 amide bonds. The summed E-state index contributed by atoms with van der Waals surface area (Å²) < 4.78 is 0. The molecule has 0 fully saturated rings. The van der Waals surface area contributed by atoms with E-state index in [1.165, 1.54) is 0 Å². The van der Waals surface area contributed by atoms with Crippen molar-refractivity contribution in [1.29, 1.82) is 0 Å². The van der Waals surface area contributed by atoms with Crippen LogP contribution in [0.25, 0.3) is 0 Å². The van der Waals surface area contributed by atoms with Crippen molar-refractivity contribution < 1.29 is 0 Å². The highest BCUT2D eigenvalue weighted by atomic mass is 32.1. The van der Waals surface area contributed by atoms with E-state index in [-0.39, 0.29) is 5.54 Å². The summed E-state index contributed by atoms with van der Waals surface area (Å²) in [7, 11) is 0. The third kappa shape index (κ3) is 0.944. The maximum absolute atomic E-state index is 5.11. The smallest absolute Gasteiger partial charge is 0.112 e. The molecule has 0 unspecified atom stereocenters. The van der Waals surface area contributed by atoms with Crippen LogP contribution in [0.4, 0.5) is 0 Å². The van der Waals surface area contributed by atoms with Crippen LogP contribution in [0.1, 0.15) is 26.7 Å². The summed E-state index contributed by atoms with van der Waals surface area (Å²) in [6.45, 7) is 4.22. The first kappa shape index (κ1) is 7.66. The summed E-state index contributed by atoms with van der Waals surface area (Å²) in [5.41, 5.74) is -0.0741. The number of hydrogen-bond donors (Lipinski definition) is 1. The van der Waals surface area contributed by atoms with E-state index in [0.717, 1.165) is 17.8 Å². The van der Waals surface area contributed by atoms with E-state index >= 15 is 0 Å². The minimum Gasteiger partial charge on any atom is -0.339 e. The van der Waals surface area contributed by atoms with Gasteiger partial charge in [-0.1, -0.05) is 26.1 Å². The van der Waals surface area contributed by atoms with Gasteiger partial charge in [-0.25, -0.2) is 0 Å². The highest BCUT2D eigenvalue weighted by molar-refractivity contribution is 7.80. The molecule has 56 valence electrons. The quantitative estimate of drug-likeness (QED) is 0.613. The van der Waals surface area contributed by atoms with Crippen molar-refractivity contribution >= 4 is 23.5 Å². The molecule has 0 bridgehead atoms. The van der Waals surface area contributed by atoms with E-state index in [1.54, 1.807) is 6.34 Å². The lowest BCUT2D eigenvalue weighted by molar-refractivity contribution is 0.544. The van der Waals surface area contributed by atoms with Crippen LogP contribution in [0.2, 0.25) is 0 Å².